The molecule has 0 unspecified atom stereocenters. The molecule has 2 amide bonds. The molecule has 0 radical (unpaired) electrons. The van der Waals surface area contributed by atoms with Crippen molar-refractivity contribution in [2.24, 2.45) is 0 Å². The van der Waals surface area contributed by atoms with Crippen molar-refractivity contribution in [1.82, 2.24) is 10.3 Å². The van der Waals surface area contributed by atoms with Gasteiger partial charge in [0.1, 0.15) is 0 Å². The van der Waals surface area contributed by atoms with Gasteiger partial charge >= 0.3 is 6.03 Å². The zero-order valence-corrected chi connectivity index (χ0v) is 14.3. The number of nitrogens with zero attached hydrogens (tertiary/aromatic N) is 1. The van der Waals surface area contributed by atoms with Crippen LogP contribution < -0.4 is 10.6 Å². The van der Waals surface area contributed by atoms with Gasteiger partial charge < -0.3 is 10.6 Å². The third kappa shape index (κ3) is 4.20. The molecule has 0 aliphatic heterocycles. The molecule has 24 heavy (non-hydrogen) atoms. The minimum absolute atomic E-state index is 0.203. The van der Waals surface area contributed by atoms with Crippen molar-refractivity contribution < 1.29 is 4.79 Å². The fraction of sp³-hybridized carbons (Fsp3) is 0.158. The molecule has 0 atom stereocenters. The number of rotatable bonds is 5. The van der Waals surface area contributed by atoms with Crippen LogP contribution in [0.3, 0.4) is 0 Å². The predicted octanol–water partition coefficient (Wildman–Crippen LogP) is 4.48. The highest BCUT2D eigenvalue weighted by Gasteiger charge is 2.10. The number of hydrogen-bond donors (Lipinski definition) is 2. The molecule has 1 aromatic heterocycles. The zero-order chi connectivity index (χ0) is 16.8. The van der Waals surface area contributed by atoms with Crippen LogP contribution in [0.1, 0.15) is 10.6 Å². The Morgan fingerprint density at radius 3 is 2.58 bits per heavy atom. The van der Waals surface area contributed by atoms with E-state index in [1.807, 2.05) is 54.8 Å². The molecule has 0 spiro atoms. The molecular formula is C19H19N3OS. The molecular weight excluding hydrogens is 318 g/mol. The molecule has 0 saturated heterocycles. The van der Waals surface area contributed by atoms with Crippen molar-refractivity contribution >= 4 is 23.1 Å². The van der Waals surface area contributed by atoms with Gasteiger partial charge in [-0.05, 0) is 25.0 Å². The molecule has 0 fully saturated rings. The van der Waals surface area contributed by atoms with E-state index in [-0.39, 0.29) is 6.03 Å². The summed E-state index contributed by atoms with van der Waals surface area (Å²) in [5, 5.41) is 8.82. The fourth-order valence-corrected chi connectivity index (χ4v) is 3.05. The minimum Gasteiger partial charge on any atom is -0.338 e. The Bertz CT molecular complexity index is 814. The van der Waals surface area contributed by atoms with Crippen molar-refractivity contribution in [3.8, 4) is 11.3 Å². The molecule has 2 N–H and O–H groups in total. The van der Waals surface area contributed by atoms with E-state index in [9.17, 15) is 4.79 Å². The smallest absolute Gasteiger partial charge is 0.319 e. The number of carbonyl (C=O) groups is 1. The van der Waals surface area contributed by atoms with E-state index in [2.05, 4.69) is 27.8 Å². The fourth-order valence-electron chi connectivity index (χ4n) is 2.43. The first kappa shape index (κ1) is 16.2. The van der Waals surface area contributed by atoms with E-state index in [0.717, 1.165) is 28.4 Å². The second-order valence-electron chi connectivity index (χ2n) is 5.41. The third-order valence-electron chi connectivity index (χ3n) is 3.61. The maximum Gasteiger partial charge on any atom is 0.319 e. The van der Waals surface area contributed by atoms with Crippen LogP contribution in [-0.2, 0) is 6.42 Å². The molecule has 5 heteroatoms. The van der Waals surface area contributed by atoms with E-state index in [0.29, 0.717) is 6.54 Å². The lowest BCUT2D eigenvalue weighted by molar-refractivity contribution is 0.252. The third-order valence-corrected chi connectivity index (χ3v) is 4.39. The number of anilines is 1. The largest absolute Gasteiger partial charge is 0.338 e. The van der Waals surface area contributed by atoms with E-state index in [1.165, 1.54) is 5.56 Å². The first-order chi connectivity index (χ1) is 11.7. The Kier molecular flexibility index (Phi) is 5.23. The summed E-state index contributed by atoms with van der Waals surface area (Å²) >= 11 is 1.60. The van der Waals surface area contributed by atoms with Crippen LogP contribution in [0.25, 0.3) is 11.3 Å². The van der Waals surface area contributed by atoms with Crippen molar-refractivity contribution in [1.29, 1.82) is 0 Å². The van der Waals surface area contributed by atoms with Gasteiger partial charge in [0, 0.05) is 17.5 Å². The van der Waals surface area contributed by atoms with E-state index in [1.54, 1.807) is 11.3 Å². The summed E-state index contributed by atoms with van der Waals surface area (Å²) in [6, 6.07) is 17.6. The summed E-state index contributed by atoms with van der Waals surface area (Å²) in [6.07, 6.45) is 0.807. The Labute approximate surface area is 145 Å². The first-order valence-electron chi connectivity index (χ1n) is 7.82. The van der Waals surface area contributed by atoms with E-state index < -0.39 is 0 Å². The Morgan fingerprint density at radius 2 is 1.83 bits per heavy atom. The van der Waals surface area contributed by atoms with Crippen LogP contribution in [0.15, 0.2) is 60.0 Å². The topological polar surface area (TPSA) is 54.0 Å². The number of carbonyl (C=O) groups excluding carboxylic acids is 1. The zero-order valence-electron chi connectivity index (χ0n) is 13.5. The Hall–Kier alpha value is -2.66. The normalized spacial score (nSPS) is 10.4. The van der Waals surface area contributed by atoms with Gasteiger partial charge in [-0.2, -0.15) is 0 Å². The number of benzene rings is 2. The van der Waals surface area contributed by atoms with Crippen LogP contribution in [0, 0.1) is 6.92 Å². The van der Waals surface area contributed by atoms with Crippen LogP contribution in [0.5, 0.6) is 0 Å². The lowest BCUT2D eigenvalue weighted by Crippen LogP contribution is -2.30. The average Bonchev–Trinajstić information content (AvgIpc) is 3.02. The van der Waals surface area contributed by atoms with Crippen molar-refractivity contribution in [2.75, 3.05) is 11.9 Å². The van der Waals surface area contributed by atoms with Crippen LogP contribution in [0.2, 0.25) is 0 Å². The average molecular weight is 337 g/mol. The number of para-hydroxylation sites is 1. The molecule has 4 nitrogen and oxygen atoms in total. The molecule has 122 valence electrons. The number of urea groups is 1. The van der Waals surface area contributed by atoms with E-state index in [4.69, 9.17) is 0 Å². The highest BCUT2D eigenvalue weighted by molar-refractivity contribution is 7.09. The SMILES string of the molecule is Cc1nc(-c2ccccc2NC(=O)NCCc2ccccc2)cs1. The van der Waals surface area contributed by atoms with Crippen molar-refractivity contribution in [2.45, 2.75) is 13.3 Å². The van der Waals surface area contributed by atoms with Crippen LogP contribution in [0.4, 0.5) is 10.5 Å². The summed E-state index contributed by atoms with van der Waals surface area (Å²) in [6.45, 7) is 2.56. The van der Waals surface area contributed by atoms with Gasteiger partial charge in [0.25, 0.3) is 0 Å². The van der Waals surface area contributed by atoms with Crippen LogP contribution >= 0.6 is 11.3 Å². The second kappa shape index (κ2) is 7.75. The monoisotopic (exact) mass is 337 g/mol. The Morgan fingerprint density at radius 1 is 1.08 bits per heavy atom. The maximum absolute atomic E-state index is 12.2. The van der Waals surface area contributed by atoms with Crippen molar-refractivity contribution in [3.63, 3.8) is 0 Å². The Balaban J connectivity index is 1.60. The number of thiazole rings is 1. The molecule has 2 aromatic carbocycles. The van der Waals surface area contributed by atoms with Gasteiger partial charge in [0.05, 0.1) is 16.4 Å². The van der Waals surface area contributed by atoms with Gasteiger partial charge in [-0.25, -0.2) is 9.78 Å². The highest BCUT2D eigenvalue weighted by Crippen LogP contribution is 2.28. The standard InChI is InChI=1S/C19H19N3OS/c1-14-21-18(13-24-14)16-9-5-6-10-17(16)22-19(23)20-12-11-15-7-3-2-4-8-15/h2-10,13H,11-12H2,1H3,(H2,20,22,23). The lowest BCUT2D eigenvalue weighted by Gasteiger charge is -2.11. The lowest BCUT2D eigenvalue weighted by atomic mass is 10.1. The molecule has 0 aliphatic rings. The van der Waals surface area contributed by atoms with E-state index >= 15 is 0 Å². The molecule has 0 bridgehead atoms. The highest BCUT2D eigenvalue weighted by atomic mass is 32.1. The first-order valence-corrected chi connectivity index (χ1v) is 8.70. The summed E-state index contributed by atoms with van der Waals surface area (Å²) < 4.78 is 0. The molecule has 0 saturated carbocycles. The number of aryl methyl sites for hydroxylation is 1. The maximum atomic E-state index is 12.2. The predicted molar refractivity (Wildman–Crippen MR) is 99.5 cm³/mol. The van der Waals surface area contributed by atoms with Gasteiger partial charge in [-0.1, -0.05) is 48.5 Å². The summed E-state index contributed by atoms with van der Waals surface area (Å²) in [5.41, 5.74) is 3.79. The summed E-state index contributed by atoms with van der Waals surface area (Å²) in [7, 11) is 0. The molecule has 3 rings (SSSR count). The van der Waals surface area contributed by atoms with Crippen molar-refractivity contribution in [3.05, 3.63) is 70.5 Å². The second-order valence-corrected chi connectivity index (χ2v) is 6.48. The molecule has 1 heterocycles. The van der Waals surface area contributed by atoms with Crippen LogP contribution in [-0.4, -0.2) is 17.6 Å². The summed E-state index contributed by atoms with van der Waals surface area (Å²) in [4.78, 5) is 16.6. The quantitative estimate of drug-likeness (QED) is 0.721. The minimum atomic E-state index is -0.203. The molecule has 0 aliphatic carbocycles. The number of amides is 2. The van der Waals surface area contributed by atoms with Gasteiger partial charge in [-0.3, -0.25) is 0 Å². The van der Waals surface area contributed by atoms with Gasteiger partial charge in [0.15, 0.2) is 0 Å². The molecule has 3 aromatic rings. The number of aromatic nitrogens is 1. The number of nitrogens with one attached hydrogen (secondary N) is 2. The number of hydrogen-bond acceptors (Lipinski definition) is 3. The summed E-state index contributed by atoms with van der Waals surface area (Å²) in [5.74, 6) is 0. The van der Waals surface area contributed by atoms with Gasteiger partial charge in [0.2, 0.25) is 0 Å². The van der Waals surface area contributed by atoms with Gasteiger partial charge in [-0.15, -0.1) is 11.3 Å².